The lowest BCUT2D eigenvalue weighted by Gasteiger charge is -2.34. The molecule has 1 aromatic carbocycles. The maximum absolute atomic E-state index is 13.0. The summed E-state index contributed by atoms with van der Waals surface area (Å²) in [4.78, 5) is 0. The maximum atomic E-state index is 13.0. The summed E-state index contributed by atoms with van der Waals surface area (Å²) < 4.78 is 36.0. The molecule has 1 saturated heterocycles. The van der Waals surface area contributed by atoms with Crippen molar-refractivity contribution in [2.24, 2.45) is 5.92 Å². The van der Waals surface area contributed by atoms with Crippen LogP contribution in [0.1, 0.15) is 18.4 Å². The van der Waals surface area contributed by atoms with Crippen molar-refractivity contribution >= 4 is 10.2 Å². The van der Waals surface area contributed by atoms with Crippen molar-refractivity contribution in [3.8, 4) is 5.69 Å². The van der Waals surface area contributed by atoms with Gasteiger partial charge in [0.15, 0.2) is 0 Å². The Morgan fingerprint density at radius 1 is 1.31 bits per heavy atom. The van der Waals surface area contributed by atoms with Gasteiger partial charge in [-0.3, -0.25) is 0 Å². The van der Waals surface area contributed by atoms with Crippen LogP contribution in [0.25, 0.3) is 5.69 Å². The predicted octanol–water partition coefficient (Wildman–Crippen LogP) is 1.91. The lowest BCUT2D eigenvalue weighted by Crippen LogP contribution is -2.47. The van der Waals surface area contributed by atoms with E-state index in [0.717, 1.165) is 24.1 Å². The lowest BCUT2D eigenvalue weighted by atomic mass is 10.0. The number of nitrogens with zero attached hydrogens (tertiary/aromatic N) is 4. The van der Waals surface area contributed by atoms with Crippen LogP contribution in [0.2, 0.25) is 0 Å². The SMILES string of the molecule is COCC1CCCN(S(=O)(=O)N(C)Cc2ccccc2-n2cccn2)C1. The monoisotopic (exact) mass is 378 g/mol. The molecule has 1 atom stereocenters. The van der Waals surface area contributed by atoms with E-state index in [1.165, 1.54) is 4.31 Å². The average molecular weight is 378 g/mol. The van der Waals surface area contributed by atoms with Crippen LogP contribution in [0.3, 0.4) is 0 Å². The Labute approximate surface area is 155 Å². The van der Waals surface area contributed by atoms with E-state index in [0.29, 0.717) is 26.2 Å². The van der Waals surface area contributed by atoms with Crippen LogP contribution >= 0.6 is 0 Å². The molecule has 1 aromatic heterocycles. The quantitative estimate of drug-likeness (QED) is 0.738. The van der Waals surface area contributed by atoms with Crippen molar-refractivity contribution in [3.63, 3.8) is 0 Å². The molecule has 1 aliphatic heterocycles. The van der Waals surface area contributed by atoms with Gasteiger partial charge < -0.3 is 4.74 Å². The largest absolute Gasteiger partial charge is 0.384 e. The van der Waals surface area contributed by atoms with Crippen LogP contribution in [-0.4, -0.2) is 60.7 Å². The second kappa shape index (κ2) is 8.30. The second-order valence-corrected chi connectivity index (χ2v) is 8.70. The zero-order valence-corrected chi connectivity index (χ0v) is 16.1. The minimum Gasteiger partial charge on any atom is -0.384 e. The molecule has 0 spiro atoms. The van der Waals surface area contributed by atoms with Gasteiger partial charge in [-0.05, 0) is 36.5 Å². The molecule has 0 aliphatic carbocycles. The van der Waals surface area contributed by atoms with Gasteiger partial charge in [0, 0.05) is 46.2 Å². The molecule has 7 nitrogen and oxygen atoms in total. The van der Waals surface area contributed by atoms with Gasteiger partial charge in [-0.15, -0.1) is 0 Å². The summed E-state index contributed by atoms with van der Waals surface area (Å²) >= 11 is 0. The molecule has 1 unspecified atom stereocenters. The zero-order chi connectivity index (χ0) is 18.6. The predicted molar refractivity (Wildman–Crippen MR) is 100 cm³/mol. The van der Waals surface area contributed by atoms with Crippen molar-refractivity contribution < 1.29 is 13.2 Å². The van der Waals surface area contributed by atoms with Crippen LogP contribution in [0, 0.1) is 5.92 Å². The van der Waals surface area contributed by atoms with Crippen molar-refractivity contribution in [1.29, 1.82) is 0 Å². The first-order chi connectivity index (χ1) is 12.5. The van der Waals surface area contributed by atoms with Crippen molar-refractivity contribution in [1.82, 2.24) is 18.4 Å². The first-order valence-corrected chi connectivity index (χ1v) is 10.2. The van der Waals surface area contributed by atoms with Gasteiger partial charge in [0.25, 0.3) is 10.2 Å². The van der Waals surface area contributed by atoms with E-state index in [-0.39, 0.29) is 5.92 Å². The standard InChI is InChI=1S/C18H26N4O3S/c1-20(26(23,24)21-11-5-7-16(13-21)15-25-2)14-17-8-3-4-9-18(17)22-12-6-10-19-22/h3-4,6,8-10,12,16H,5,7,11,13-15H2,1-2H3. The Kier molecular flexibility index (Phi) is 6.08. The molecular formula is C18H26N4O3S. The van der Waals surface area contributed by atoms with Crippen molar-refractivity contribution in [3.05, 3.63) is 48.3 Å². The molecule has 0 radical (unpaired) electrons. The summed E-state index contributed by atoms with van der Waals surface area (Å²) in [6.07, 6.45) is 5.44. The number of methoxy groups -OCH3 is 1. The van der Waals surface area contributed by atoms with E-state index in [4.69, 9.17) is 4.74 Å². The van der Waals surface area contributed by atoms with Gasteiger partial charge in [0.1, 0.15) is 0 Å². The summed E-state index contributed by atoms with van der Waals surface area (Å²) in [5.74, 6) is 0.258. The van der Waals surface area contributed by atoms with Gasteiger partial charge in [-0.1, -0.05) is 18.2 Å². The number of benzene rings is 1. The normalized spacial score (nSPS) is 19.1. The molecule has 0 N–H and O–H groups in total. The minimum atomic E-state index is -3.52. The molecule has 26 heavy (non-hydrogen) atoms. The van der Waals surface area contributed by atoms with Gasteiger partial charge in [-0.2, -0.15) is 22.1 Å². The molecule has 0 bridgehead atoms. The van der Waals surface area contributed by atoms with Crippen LogP contribution in [-0.2, 0) is 21.5 Å². The molecule has 1 aliphatic rings. The van der Waals surface area contributed by atoms with E-state index in [1.54, 1.807) is 29.3 Å². The molecule has 2 aromatic rings. The summed E-state index contributed by atoms with van der Waals surface area (Å²) in [5.41, 5.74) is 1.79. The number of ether oxygens (including phenoxy) is 1. The van der Waals surface area contributed by atoms with Crippen LogP contribution in [0.15, 0.2) is 42.7 Å². The average Bonchev–Trinajstić information content (AvgIpc) is 3.17. The van der Waals surface area contributed by atoms with Gasteiger partial charge in [0.05, 0.1) is 12.3 Å². The third-order valence-corrected chi connectivity index (χ3v) is 6.64. The van der Waals surface area contributed by atoms with Crippen LogP contribution in [0.4, 0.5) is 0 Å². The van der Waals surface area contributed by atoms with Crippen molar-refractivity contribution in [2.45, 2.75) is 19.4 Å². The highest BCUT2D eigenvalue weighted by Gasteiger charge is 2.32. The van der Waals surface area contributed by atoms with E-state index in [2.05, 4.69) is 5.10 Å². The van der Waals surface area contributed by atoms with E-state index in [1.807, 2.05) is 36.5 Å². The van der Waals surface area contributed by atoms with E-state index in [9.17, 15) is 8.42 Å². The summed E-state index contributed by atoms with van der Waals surface area (Å²) in [7, 11) is -0.223. The Morgan fingerprint density at radius 3 is 2.85 bits per heavy atom. The minimum absolute atomic E-state index is 0.258. The van der Waals surface area contributed by atoms with Gasteiger partial charge in [0.2, 0.25) is 0 Å². The zero-order valence-electron chi connectivity index (χ0n) is 15.3. The molecule has 0 saturated carbocycles. The highest BCUT2D eigenvalue weighted by atomic mass is 32.2. The van der Waals surface area contributed by atoms with E-state index < -0.39 is 10.2 Å². The second-order valence-electron chi connectivity index (χ2n) is 6.66. The lowest BCUT2D eigenvalue weighted by molar-refractivity contribution is 0.116. The Balaban J connectivity index is 1.76. The molecule has 2 heterocycles. The maximum Gasteiger partial charge on any atom is 0.282 e. The fourth-order valence-electron chi connectivity index (χ4n) is 3.41. The smallest absolute Gasteiger partial charge is 0.282 e. The third-order valence-electron chi connectivity index (χ3n) is 4.74. The van der Waals surface area contributed by atoms with Crippen LogP contribution < -0.4 is 0 Å². The Hall–Kier alpha value is -1.74. The molecule has 8 heteroatoms. The van der Waals surface area contributed by atoms with E-state index >= 15 is 0 Å². The number of aromatic nitrogens is 2. The number of rotatable bonds is 7. The summed E-state index contributed by atoms with van der Waals surface area (Å²) in [6.45, 7) is 1.97. The first kappa shape index (κ1) is 19.0. The fraction of sp³-hybridized carbons (Fsp3) is 0.500. The third kappa shape index (κ3) is 4.15. The van der Waals surface area contributed by atoms with Gasteiger partial charge in [-0.25, -0.2) is 4.68 Å². The molecule has 0 amide bonds. The highest BCUT2D eigenvalue weighted by Crippen LogP contribution is 2.23. The topological polar surface area (TPSA) is 67.7 Å². The Morgan fingerprint density at radius 2 is 2.12 bits per heavy atom. The fourth-order valence-corrected chi connectivity index (χ4v) is 4.86. The van der Waals surface area contributed by atoms with Crippen LogP contribution in [0.5, 0.6) is 0 Å². The number of hydrogen-bond acceptors (Lipinski definition) is 4. The highest BCUT2D eigenvalue weighted by molar-refractivity contribution is 7.86. The molecule has 142 valence electrons. The molecular weight excluding hydrogens is 352 g/mol. The van der Waals surface area contributed by atoms with Gasteiger partial charge >= 0.3 is 0 Å². The number of piperidine rings is 1. The number of para-hydroxylation sites is 1. The Bertz CT molecular complexity index is 806. The summed E-state index contributed by atoms with van der Waals surface area (Å²) in [5, 5.41) is 4.26. The molecule has 1 fully saturated rings. The molecule has 3 rings (SSSR count). The first-order valence-electron chi connectivity index (χ1n) is 8.80. The van der Waals surface area contributed by atoms with Crippen molar-refractivity contribution in [2.75, 3.05) is 33.9 Å². The number of hydrogen-bond donors (Lipinski definition) is 0. The summed E-state index contributed by atoms with van der Waals surface area (Å²) in [6, 6.07) is 9.57.